The Labute approximate surface area is 117 Å². The van der Waals surface area contributed by atoms with Crippen molar-refractivity contribution >= 4 is 0 Å². The summed E-state index contributed by atoms with van der Waals surface area (Å²) in [6.07, 6.45) is 1.50. The molecule has 3 unspecified atom stereocenters. The first-order valence-corrected chi connectivity index (χ1v) is 7.71. The van der Waals surface area contributed by atoms with Gasteiger partial charge in [-0.25, -0.2) is 0 Å². The minimum atomic E-state index is -0.108. The van der Waals surface area contributed by atoms with Gasteiger partial charge in [-0.3, -0.25) is 0 Å². The second-order valence-electron chi connectivity index (χ2n) is 8.71. The zero-order valence-corrected chi connectivity index (χ0v) is 13.3. The minimum absolute atomic E-state index is 0.0876. The predicted octanol–water partition coefficient (Wildman–Crippen LogP) is 2.15. The zero-order valence-electron chi connectivity index (χ0n) is 13.3. The third-order valence-electron chi connectivity index (χ3n) is 7.28. The SMILES string of the molecule is CC1(C)C(NCC2(N)C3CCOC3C2(C)C)C1(C)C. The van der Waals surface area contributed by atoms with Crippen LogP contribution in [0.5, 0.6) is 0 Å². The summed E-state index contributed by atoms with van der Waals surface area (Å²) in [4.78, 5) is 0. The molecule has 3 heteroatoms. The van der Waals surface area contributed by atoms with Crippen molar-refractivity contribution in [1.82, 2.24) is 5.32 Å². The summed E-state index contributed by atoms with van der Waals surface area (Å²) in [7, 11) is 0. The van der Waals surface area contributed by atoms with E-state index >= 15 is 0 Å². The van der Waals surface area contributed by atoms with Crippen LogP contribution in [0, 0.1) is 22.2 Å². The summed E-state index contributed by atoms with van der Waals surface area (Å²) in [5.41, 5.74) is 7.51. The molecule has 1 heterocycles. The number of ether oxygens (including phenoxy) is 1. The standard InChI is InChI=1S/C16H30N2O/c1-13(2)11-10(7-8-19-11)16(13,17)9-18-12-14(3,4)15(12,5)6/h10-12,18H,7-9,17H2,1-6H3. The lowest BCUT2D eigenvalue weighted by Crippen LogP contribution is -2.78. The van der Waals surface area contributed by atoms with Crippen molar-refractivity contribution in [2.75, 3.05) is 13.2 Å². The largest absolute Gasteiger partial charge is 0.377 e. The van der Waals surface area contributed by atoms with E-state index in [-0.39, 0.29) is 11.0 Å². The van der Waals surface area contributed by atoms with E-state index in [0.29, 0.717) is 28.9 Å². The van der Waals surface area contributed by atoms with Crippen LogP contribution in [0.2, 0.25) is 0 Å². The van der Waals surface area contributed by atoms with Crippen LogP contribution in [-0.4, -0.2) is 30.8 Å². The fraction of sp³-hybridized carbons (Fsp3) is 1.00. The highest BCUT2D eigenvalue weighted by Crippen LogP contribution is 2.63. The molecule has 3 atom stereocenters. The molecule has 19 heavy (non-hydrogen) atoms. The van der Waals surface area contributed by atoms with Crippen LogP contribution in [0.4, 0.5) is 0 Å². The average molecular weight is 266 g/mol. The van der Waals surface area contributed by atoms with Crippen LogP contribution >= 0.6 is 0 Å². The fourth-order valence-corrected chi connectivity index (χ4v) is 4.81. The van der Waals surface area contributed by atoms with Gasteiger partial charge in [-0.2, -0.15) is 0 Å². The van der Waals surface area contributed by atoms with Gasteiger partial charge in [0.2, 0.25) is 0 Å². The van der Waals surface area contributed by atoms with Gasteiger partial charge in [-0.05, 0) is 17.3 Å². The van der Waals surface area contributed by atoms with E-state index in [4.69, 9.17) is 10.5 Å². The molecule has 1 aliphatic heterocycles. The Morgan fingerprint density at radius 2 is 1.63 bits per heavy atom. The number of nitrogens with one attached hydrogen (secondary N) is 1. The van der Waals surface area contributed by atoms with Crippen LogP contribution in [0.25, 0.3) is 0 Å². The van der Waals surface area contributed by atoms with Gasteiger partial charge in [0, 0.05) is 36.1 Å². The Hall–Kier alpha value is -0.120. The van der Waals surface area contributed by atoms with E-state index in [0.717, 1.165) is 19.6 Å². The van der Waals surface area contributed by atoms with E-state index in [1.807, 2.05) is 0 Å². The Bertz CT molecular complexity index is 388. The monoisotopic (exact) mass is 266 g/mol. The molecule has 0 aromatic heterocycles. The molecular formula is C16H30N2O. The molecule has 3 aliphatic rings. The average Bonchev–Trinajstić information content (AvgIpc) is 2.72. The summed E-state index contributed by atoms with van der Waals surface area (Å²) in [5, 5.41) is 3.77. The summed E-state index contributed by atoms with van der Waals surface area (Å²) in [6.45, 7) is 15.7. The first kappa shape index (κ1) is 13.8. The van der Waals surface area contributed by atoms with Crippen molar-refractivity contribution in [2.24, 2.45) is 27.9 Å². The third kappa shape index (κ3) is 1.44. The summed E-state index contributed by atoms with van der Waals surface area (Å²) in [5.74, 6) is 0.542. The van der Waals surface area contributed by atoms with Crippen molar-refractivity contribution in [1.29, 1.82) is 0 Å². The van der Waals surface area contributed by atoms with E-state index in [2.05, 4.69) is 46.9 Å². The second kappa shape index (κ2) is 3.55. The van der Waals surface area contributed by atoms with E-state index < -0.39 is 0 Å². The Morgan fingerprint density at radius 1 is 1.05 bits per heavy atom. The Balaban J connectivity index is 1.68. The molecule has 110 valence electrons. The predicted molar refractivity (Wildman–Crippen MR) is 77.9 cm³/mol. The maximum absolute atomic E-state index is 6.78. The number of hydrogen-bond acceptors (Lipinski definition) is 3. The summed E-state index contributed by atoms with van der Waals surface area (Å²) < 4.78 is 5.86. The normalized spacial score (nSPS) is 45.6. The summed E-state index contributed by atoms with van der Waals surface area (Å²) >= 11 is 0. The van der Waals surface area contributed by atoms with Gasteiger partial charge in [-0.1, -0.05) is 41.5 Å². The second-order valence-corrected chi connectivity index (χ2v) is 8.71. The highest BCUT2D eigenvalue weighted by Gasteiger charge is 2.69. The lowest BCUT2D eigenvalue weighted by molar-refractivity contribution is -0.153. The van der Waals surface area contributed by atoms with Gasteiger partial charge in [0.1, 0.15) is 0 Å². The Kier molecular flexibility index (Phi) is 2.59. The minimum Gasteiger partial charge on any atom is -0.377 e. The van der Waals surface area contributed by atoms with Crippen molar-refractivity contribution in [3.05, 3.63) is 0 Å². The van der Waals surface area contributed by atoms with Crippen molar-refractivity contribution in [2.45, 2.75) is 65.6 Å². The van der Waals surface area contributed by atoms with Crippen LogP contribution in [-0.2, 0) is 4.74 Å². The third-order valence-corrected chi connectivity index (χ3v) is 7.28. The molecule has 0 amide bonds. The topological polar surface area (TPSA) is 47.3 Å². The maximum Gasteiger partial charge on any atom is 0.0691 e. The van der Waals surface area contributed by atoms with Crippen molar-refractivity contribution in [3.8, 4) is 0 Å². The van der Waals surface area contributed by atoms with Gasteiger partial charge in [0.15, 0.2) is 0 Å². The molecule has 0 radical (unpaired) electrons. The molecule has 0 aromatic rings. The van der Waals surface area contributed by atoms with Gasteiger partial charge >= 0.3 is 0 Å². The molecule has 1 saturated heterocycles. The van der Waals surface area contributed by atoms with Crippen LogP contribution < -0.4 is 11.1 Å². The molecule has 0 spiro atoms. The van der Waals surface area contributed by atoms with Crippen LogP contribution in [0.1, 0.15) is 48.0 Å². The van der Waals surface area contributed by atoms with Crippen LogP contribution in [0.3, 0.4) is 0 Å². The molecular weight excluding hydrogens is 236 g/mol. The number of fused-ring (bicyclic) bond motifs is 1. The van der Waals surface area contributed by atoms with Crippen LogP contribution in [0.15, 0.2) is 0 Å². The maximum atomic E-state index is 6.78. The molecule has 3 fully saturated rings. The van der Waals surface area contributed by atoms with E-state index in [9.17, 15) is 0 Å². The highest BCUT2D eigenvalue weighted by molar-refractivity contribution is 5.24. The number of hydrogen-bond donors (Lipinski definition) is 2. The van der Waals surface area contributed by atoms with Gasteiger partial charge in [0.25, 0.3) is 0 Å². The van der Waals surface area contributed by atoms with E-state index in [1.54, 1.807) is 0 Å². The Morgan fingerprint density at radius 3 is 2.16 bits per heavy atom. The molecule has 0 aromatic carbocycles. The number of nitrogens with two attached hydrogens (primary N) is 1. The van der Waals surface area contributed by atoms with Crippen molar-refractivity contribution < 1.29 is 4.74 Å². The first-order chi connectivity index (χ1) is 8.57. The van der Waals surface area contributed by atoms with Gasteiger partial charge < -0.3 is 15.8 Å². The van der Waals surface area contributed by atoms with E-state index in [1.165, 1.54) is 0 Å². The van der Waals surface area contributed by atoms with Gasteiger partial charge in [0.05, 0.1) is 6.10 Å². The lowest BCUT2D eigenvalue weighted by Gasteiger charge is -2.62. The molecule has 2 aliphatic carbocycles. The quantitative estimate of drug-likeness (QED) is 0.823. The molecule has 3 N–H and O–H groups in total. The first-order valence-electron chi connectivity index (χ1n) is 7.71. The zero-order chi connectivity index (χ0) is 14.3. The lowest BCUT2D eigenvalue weighted by atomic mass is 9.48. The summed E-state index contributed by atoms with van der Waals surface area (Å²) in [6, 6.07) is 0.581. The molecule has 3 nitrogen and oxygen atoms in total. The fourth-order valence-electron chi connectivity index (χ4n) is 4.81. The van der Waals surface area contributed by atoms with Gasteiger partial charge in [-0.15, -0.1) is 0 Å². The molecule has 2 saturated carbocycles. The number of rotatable bonds is 3. The molecule has 0 bridgehead atoms. The molecule has 3 rings (SSSR count). The highest BCUT2D eigenvalue weighted by atomic mass is 16.5. The smallest absolute Gasteiger partial charge is 0.0691 e. The van der Waals surface area contributed by atoms with Crippen molar-refractivity contribution in [3.63, 3.8) is 0 Å².